The van der Waals surface area contributed by atoms with Crippen LogP contribution in [-0.4, -0.2) is 31.9 Å². The summed E-state index contributed by atoms with van der Waals surface area (Å²) in [4.78, 5) is 19.6. The fraction of sp³-hybridized carbons (Fsp3) is 0.391. The van der Waals surface area contributed by atoms with E-state index >= 15 is 0 Å². The predicted molar refractivity (Wildman–Crippen MR) is 110 cm³/mol. The van der Waals surface area contributed by atoms with Crippen LogP contribution in [0.3, 0.4) is 0 Å². The van der Waals surface area contributed by atoms with E-state index in [1.54, 1.807) is 7.11 Å². The number of hydrogen-bond acceptors (Lipinski definition) is 4. The Kier molecular flexibility index (Phi) is 5.60. The van der Waals surface area contributed by atoms with Gasteiger partial charge in [0.25, 0.3) is 0 Å². The van der Waals surface area contributed by atoms with Crippen LogP contribution in [0.1, 0.15) is 42.4 Å². The number of anilines is 1. The molecule has 5 nitrogen and oxygen atoms in total. The van der Waals surface area contributed by atoms with E-state index in [0.717, 1.165) is 54.9 Å². The summed E-state index contributed by atoms with van der Waals surface area (Å²) >= 11 is 0. The van der Waals surface area contributed by atoms with Crippen LogP contribution in [0, 0.1) is 0 Å². The number of carbonyl (C=O) groups excluding carboxylic acids is 1. The zero-order valence-corrected chi connectivity index (χ0v) is 16.3. The summed E-state index contributed by atoms with van der Waals surface area (Å²) in [5.74, 6) is 1.08. The molecule has 0 spiro atoms. The molecule has 0 N–H and O–H groups in total. The number of nitrogens with zero attached hydrogens (tertiary/aromatic N) is 2. The first-order chi connectivity index (χ1) is 13.8. The zero-order valence-electron chi connectivity index (χ0n) is 16.3. The fourth-order valence-electron chi connectivity index (χ4n) is 4.15. The van der Waals surface area contributed by atoms with Gasteiger partial charge >= 0.3 is 0 Å². The van der Waals surface area contributed by atoms with Crippen molar-refractivity contribution in [3.8, 4) is 5.75 Å². The molecule has 0 unspecified atom stereocenters. The number of rotatable bonds is 6. The fourth-order valence-corrected chi connectivity index (χ4v) is 4.15. The number of hydrogen-bond donors (Lipinski definition) is 0. The van der Waals surface area contributed by atoms with Gasteiger partial charge in [0.2, 0.25) is 5.91 Å². The van der Waals surface area contributed by atoms with Gasteiger partial charge in [-0.1, -0.05) is 35.5 Å². The smallest absolute Gasteiger partial charge is 0.227 e. The molecule has 1 aliphatic carbocycles. The summed E-state index contributed by atoms with van der Waals surface area (Å²) in [6.07, 6.45) is 5.07. The largest absolute Gasteiger partial charge is 0.493 e. The molecular formula is C23H26N2O3. The van der Waals surface area contributed by atoms with Crippen molar-refractivity contribution in [1.82, 2.24) is 0 Å². The Morgan fingerprint density at radius 1 is 1.11 bits per heavy atom. The Bertz CT molecular complexity index is 891. The highest BCUT2D eigenvalue weighted by Crippen LogP contribution is 2.31. The molecule has 2 aromatic carbocycles. The summed E-state index contributed by atoms with van der Waals surface area (Å²) in [7, 11) is 1.57. The van der Waals surface area contributed by atoms with Gasteiger partial charge in [-0.05, 0) is 49.8 Å². The number of fused-ring (bicyclic) bond motifs is 2. The first kappa shape index (κ1) is 18.5. The third kappa shape index (κ3) is 3.75. The topological polar surface area (TPSA) is 51.1 Å². The van der Waals surface area contributed by atoms with Crippen LogP contribution >= 0.6 is 0 Å². The van der Waals surface area contributed by atoms with Gasteiger partial charge in [0.1, 0.15) is 12.9 Å². The molecule has 1 aliphatic heterocycles. The van der Waals surface area contributed by atoms with E-state index in [2.05, 4.69) is 23.4 Å². The highest BCUT2D eigenvalue weighted by atomic mass is 16.6. The average molecular weight is 378 g/mol. The molecule has 1 amide bonds. The van der Waals surface area contributed by atoms with Crippen molar-refractivity contribution < 1.29 is 14.4 Å². The molecule has 0 bridgehead atoms. The molecule has 0 saturated heterocycles. The lowest BCUT2D eigenvalue weighted by Gasteiger charge is -2.29. The van der Waals surface area contributed by atoms with Gasteiger partial charge in [-0.15, -0.1) is 0 Å². The Balaban J connectivity index is 1.33. The van der Waals surface area contributed by atoms with Gasteiger partial charge in [-0.3, -0.25) is 4.79 Å². The summed E-state index contributed by atoms with van der Waals surface area (Å²) in [6, 6.07) is 14.3. The van der Waals surface area contributed by atoms with Crippen LogP contribution in [0.2, 0.25) is 0 Å². The first-order valence-corrected chi connectivity index (χ1v) is 10.0. The highest BCUT2D eigenvalue weighted by Gasteiger charge is 2.23. The number of oxime groups is 1. The van der Waals surface area contributed by atoms with E-state index in [0.29, 0.717) is 19.4 Å². The Morgan fingerprint density at radius 3 is 2.89 bits per heavy atom. The standard InChI is InChI=1S/C23H26N2O3/c1-27-24-20-14-13-19-18(20)9-4-11-22(19)28-16-6-12-23(26)25-15-5-8-17-7-2-3-10-21(17)25/h2-4,7,9-11H,5-6,8,12-16H2,1H3. The van der Waals surface area contributed by atoms with Crippen LogP contribution in [-0.2, 0) is 22.5 Å². The monoisotopic (exact) mass is 378 g/mol. The number of amides is 1. The zero-order chi connectivity index (χ0) is 19.3. The molecule has 1 heterocycles. The molecule has 0 radical (unpaired) electrons. The van der Waals surface area contributed by atoms with E-state index in [-0.39, 0.29) is 5.91 Å². The molecule has 4 rings (SSSR count). The van der Waals surface area contributed by atoms with Gasteiger partial charge in [0.05, 0.1) is 12.3 Å². The van der Waals surface area contributed by atoms with Crippen LogP contribution in [0.5, 0.6) is 5.75 Å². The SMILES string of the molecule is CON=C1CCc2c(OCCCC(=O)N3CCCc4ccccc43)cccc21. The van der Waals surface area contributed by atoms with Crippen molar-refractivity contribution in [1.29, 1.82) is 0 Å². The van der Waals surface area contributed by atoms with E-state index in [1.165, 1.54) is 11.1 Å². The van der Waals surface area contributed by atoms with Crippen molar-refractivity contribution in [2.24, 2.45) is 5.16 Å². The molecule has 0 aromatic heterocycles. The molecule has 28 heavy (non-hydrogen) atoms. The summed E-state index contributed by atoms with van der Waals surface area (Å²) in [5.41, 5.74) is 5.62. The van der Waals surface area contributed by atoms with E-state index in [9.17, 15) is 4.79 Å². The Morgan fingerprint density at radius 2 is 2.00 bits per heavy atom. The van der Waals surface area contributed by atoms with E-state index in [1.807, 2.05) is 29.2 Å². The molecular weight excluding hydrogens is 352 g/mol. The lowest BCUT2D eigenvalue weighted by atomic mass is 10.0. The van der Waals surface area contributed by atoms with Gasteiger partial charge < -0.3 is 14.5 Å². The van der Waals surface area contributed by atoms with Crippen LogP contribution in [0.15, 0.2) is 47.6 Å². The number of para-hydroxylation sites is 1. The van der Waals surface area contributed by atoms with Gasteiger partial charge in [0.15, 0.2) is 0 Å². The lowest BCUT2D eigenvalue weighted by molar-refractivity contribution is -0.118. The lowest BCUT2D eigenvalue weighted by Crippen LogP contribution is -2.35. The number of ether oxygens (including phenoxy) is 1. The maximum absolute atomic E-state index is 12.7. The predicted octanol–water partition coefficient (Wildman–Crippen LogP) is 4.12. The normalized spacial score (nSPS) is 16.6. The molecule has 5 heteroatoms. The highest BCUT2D eigenvalue weighted by molar-refractivity contribution is 6.04. The summed E-state index contributed by atoms with van der Waals surface area (Å²) < 4.78 is 6.02. The second-order valence-electron chi connectivity index (χ2n) is 7.23. The maximum Gasteiger partial charge on any atom is 0.227 e. The molecule has 0 fully saturated rings. The Labute approximate surface area is 165 Å². The number of carbonyl (C=O) groups is 1. The van der Waals surface area contributed by atoms with Gasteiger partial charge in [0, 0.05) is 29.8 Å². The Hall–Kier alpha value is -2.82. The summed E-state index contributed by atoms with van der Waals surface area (Å²) in [5, 5.41) is 4.11. The third-order valence-electron chi connectivity index (χ3n) is 5.46. The van der Waals surface area contributed by atoms with Crippen LogP contribution in [0.4, 0.5) is 5.69 Å². The molecule has 0 saturated carbocycles. The van der Waals surface area contributed by atoms with Crippen molar-refractivity contribution in [3.05, 3.63) is 59.2 Å². The second-order valence-corrected chi connectivity index (χ2v) is 7.23. The molecule has 2 aromatic rings. The second kappa shape index (κ2) is 8.46. The maximum atomic E-state index is 12.7. The third-order valence-corrected chi connectivity index (χ3v) is 5.46. The number of benzene rings is 2. The van der Waals surface area contributed by atoms with Gasteiger partial charge in [-0.2, -0.15) is 0 Å². The minimum Gasteiger partial charge on any atom is -0.493 e. The van der Waals surface area contributed by atoms with Crippen molar-refractivity contribution in [2.75, 3.05) is 25.2 Å². The average Bonchev–Trinajstić information content (AvgIpc) is 3.14. The minimum absolute atomic E-state index is 0.184. The molecule has 146 valence electrons. The van der Waals surface area contributed by atoms with Crippen molar-refractivity contribution in [2.45, 2.75) is 38.5 Å². The van der Waals surface area contributed by atoms with Gasteiger partial charge in [-0.25, -0.2) is 0 Å². The number of aryl methyl sites for hydroxylation is 1. The van der Waals surface area contributed by atoms with E-state index in [4.69, 9.17) is 9.57 Å². The quantitative estimate of drug-likeness (QED) is 0.561. The minimum atomic E-state index is 0.184. The molecule has 0 atom stereocenters. The van der Waals surface area contributed by atoms with Crippen LogP contribution in [0.25, 0.3) is 0 Å². The van der Waals surface area contributed by atoms with Crippen molar-refractivity contribution >= 4 is 17.3 Å². The summed E-state index contributed by atoms with van der Waals surface area (Å²) in [6.45, 7) is 1.35. The first-order valence-electron chi connectivity index (χ1n) is 10.0. The van der Waals surface area contributed by atoms with Crippen molar-refractivity contribution in [3.63, 3.8) is 0 Å². The molecule has 2 aliphatic rings. The van der Waals surface area contributed by atoms with E-state index < -0.39 is 0 Å². The van der Waals surface area contributed by atoms with Crippen LogP contribution < -0.4 is 9.64 Å².